The molecule has 1 amide bonds. The molecule has 0 spiro atoms. The Morgan fingerprint density at radius 3 is 2.44 bits per heavy atom. The predicted molar refractivity (Wildman–Crippen MR) is 87.5 cm³/mol. The minimum absolute atomic E-state index is 0.00376. The van der Waals surface area contributed by atoms with Crippen LogP contribution in [0.1, 0.15) is 23.4 Å². The van der Waals surface area contributed by atoms with Crippen molar-refractivity contribution in [3.63, 3.8) is 0 Å². The molecule has 10 heteroatoms. The normalized spacial score (nSPS) is 10.8. The maximum atomic E-state index is 12.4. The molecule has 0 saturated heterocycles. The van der Waals surface area contributed by atoms with Crippen LogP contribution in [0.4, 0.5) is 8.78 Å². The molecular weight excluding hydrogens is 356 g/mol. The summed E-state index contributed by atoms with van der Waals surface area (Å²) < 4.78 is 34.4. The van der Waals surface area contributed by atoms with Crippen molar-refractivity contribution in [1.82, 2.24) is 15.3 Å². The number of nitrogens with zero attached hydrogens (tertiary/aromatic N) is 2. The van der Waals surface area contributed by atoms with Crippen LogP contribution in [0.2, 0.25) is 0 Å². The largest absolute Gasteiger partial charge is 0.456 e. The topological polar surface area (TPSA) is 90.4 Å². The monoisotopic (exact) mass is 377 g/mol. The number of hydrogen-bond acceptors (Lipinski definition) is 7. The molecule has 1 aromatic rings. The molecule has 0 unspecified atom stereocenters. The number of ether oxygens (including phenoxy) is 2. The molecule has 0 saturated carbocycles. The molecule has 1 aromatic heterocycles. The average molecular weight is 377 g/mol. The standard InChI is InChI=1S/C15H21F2N3O4S/c1-9-11(10(2)20-15(19-9)25-14(16)17)4-5-13(22)24-8-12(21)18-6-7-23-3/h14H,4-8H2,1-3H3,(H,18,21). The van der Waals surface area contributed by atoms with Gasteiger partial charge in [0.1, 0.15) is 0 Å². The summed E-state index contributed by atoms with van der Waals surface area (Å²) in [4.78, 5) is 31.1. The average Bonchev–Trinajstić information content (AvgIpc) is 2.51. The zero-order valence-corrected chi connectivity index (χ0v) is 15.1. The van der Waals surface area contributed by atoms with Crippen molar-refractivity contribution in [1.29, 1.82) is 0 Å². The Labute approximate surface area is 148 Å². The number of carbonyl (C=O) groups is 2. The number of methoxy groups -OCH3 is 1. The summed E-state index contributed by atoms with van der Waals surface area (Å²) in [7, 11) is 1.51. The maximum Gasteiger partial charge on any atom is 0.306 e. The number of aromatic nitrogens is 2. The van der Waals surface area contributed by atoms with E-state index in [0.29, 0.717) is 36.5 Å². The fraction of sp³-hybridized carbons (Fsp3) is 0.600. The first-order valence-electron chi connectivity index (χ1n) is 7.53. The van der Waals surface area contributed by atoms with Crippen molar-refractivity contribution < 1.29 is 27.8 Å². The van der Waals surface area contributed by atoms with Crippen molar-refractivity contribution >= 4 is 23.6 Å². The van der Waals surface area contributed by atoms with E-state index in [1.54, 1.807) is 13.8 Å². The summed E-state index contributed by atoms with van der Waals surface area (Å²) in [6, 6.07) is 0. The van der Waals surface area contributed by atoms with Crippen LogP contribution in [-0.4, -0.2) is 54.5 Å². The first-order valence-corrected chi connectivity index (χ1v) is 8.41. The first kappa shape index (κ1) is 21.2. The summed E-state index contributed by atoms with van der Waals surface area (Å²) in [5.41, 5.74) is 1.79. The van der Waals surface area contributed by atoms with Gasteiger partial charge in [-0.15, -0.1) is 0 Å². The Hall–Kier alpha value is -1.81. The summed E-state index contributed by atoms with van der Waals surface area (Å²) in [6.07, 6.45) is 0.346. The number of thioether (sulfide) groups is 1. The van der Waals surface area contributed by atoms with Gasteiger partial charge in [0.25, 0.3) is 11.7 Å². The first-order chi connectivity index (χ1) is 11.8. The Balaban J connectivity index is 2.46. The summed E-state index contributed by atoms with van der Waals surface area (Å²) in [5, 5.41) is 2.53. The van der Waals surface area contributed by atoms with E-state index in [1.807, 2.05) is 0 Å². The SMILES string of the molecule is COCCNC(=O)COC(=O)CCc1c(C)nc(SC(F)F)nc1C. The molecule has 25 heavy (non-hydrogen) atoms. The molecule has 0 aliphatic heterocycles. The van der Waals surface area contributed by atoms with Crippen molar-refractivity contribution in [3.05, 3.63) is 17.0 Å². The number of rotatable bonds is 10. The molecule has 0 atom stereocenters. The highest BCUT2D eigenvalue weighted by Gasteiger charge is 2.15. The third-order valence-corrected chi connectivity index (χ3v) is 3.74. The second-order valence-electron chi connectivity index (χ2n) is 5.04. The Kier molecular flexibility index (Phi) is 9.28. The highest BCUT2D eigenvalue weighted by atomic mass is 32.2. The zero-order valence-electron chi connectivity index (χ0n) is 14.3. The van der Waals surface area contributed by atoms with Crippen LogP contribution in [0.3, 0.4) is 0 Å². The molecular formula is C15H21F2N3O4S. The Morgan fingerprint density at radius 1 is 1.24 bits per heavy atom. The van der Waals surface area contributed by atoms with Gasteiger partial charge >= 0.3 is 5.97 Å². The van der Waals surface area contributed by atoms with Gasteiger partial charge in [-0.25, -0.2) is 9.97 Å². The van der Waals surface area contributed by atoms with E-state index in [0.717, 1.165) is 0 Å². The van der Waals surface area contributed by atoms with E-state index in [2.05, 4.69) is 15.3 Å². The van der Waals surface area contributed by atoms with E-state index >= 15 is 0 Å². The molecule has 1 N–H and O–H groups in total. The number of amides is 1. The number of carbonyl (C=O) groups excluding carboxylic acids is 2. The van der Waals surface area contributed by atoms with Crippen molar-refractivity contribution in [2.24, 2.45) is 0 Å². The van der Waals surface area contributed by atoms with E-state index < -0.39 is 17.6 Å². The van der Waals surface area contributed by atoms with Gasteiger partial charge in [-0.1, -0.05) is 0 Å². The van der Waals surface area contributed by atoms with Crippen LogP contribution in [-0.2, 0) is 25.5 Å². The van der Waals surface area contributed by atoms with Gasteiger partial charge in [-0.3, -0.25) is 9.59 Å². The highest BCUT2D eigenvalue weighted by Crippen LogP contribution is 2.24. The summed E-state index contributed by atoms with van der Waals surface area (Å²) in [5.74, 6) is -3.53. The number of esters is 1. The van der Waals surface area contributed by atoms with Crippen LogP contribution >= 0.6 is 11.8 Å². The van der Waals surface area contributed by atoms with Crippen LogP contribution in [0.5, 0.6) is 0 Å². The van der Waals surface area contributed by atoms with E-state index in [4.69, 9.17) is 9.47 Å². The molecule has 0 radical (unpaired) electrons. The lowest BCUT2D eigenvalue weighted by atomic mass is 10.1. The molecule has 1 heterocycles. The third-order valence-electron chi connectivity index (χ3n) is 3.17. The van der Waals surface area contributed by atoms with Gasteiger partial charge in [0.05, 0.1) is 6.61 Å². The third kappa shape index (κ3) is 8.21. The number of nitrogens with one attached hydrogen (secondary N) is 1. The van der Waals surface area contributed by atoms with Crippen LogP contribution < -0.4 is 5.32 Å². The van der Waals surface area contributed by atoms with E-state index in [-0.39, 0.29) is 29.9 Å². The minimum atomic E-state index is -2.59. The van der Waals surface area contributed by atoms with Gasteiger partial charge < -0.3 is 14.8 Å². The molecule has 0 aliphatic carbocycles. The molecule has 0 aromatic carbocycles. The Morgan fingerprint density at radius 2 is 1.88 bits per heavy atom. The van der Waals surface area contributed by atoms with Crippen LogP contribution in [0.15, 0.2) is 5.16 Å². The van der Waals surface area contributed by atoms with Gasteiger partial charge in [-0.2, -0.15) is 8.78 Å². The van der Waals surface area contributed by atoms with Crippen molar-refractivity contribution in [2.45, 2.75) is 37.6 Å². The molecule has 0 aliphatic rings. The zero-order chi connectivity index (χ0) is 18.8. The molecule has 7 nitrogen and oxygen atoms in total. The quantitative estimate of drug-likeness (QED) is 0.287. The molecule has 0 fully saturated rings. The summed E-state index contributed by atoms with van der Waals surface area (Å²) in [6.45, 7) is 3.70. The highest BCUT2D eigenvalue weighted by molar-refractivity contribution is 7.99. The van der Waals surface area contributed by atoms with Gasteiger partial charge in [0, 0.05) is 31.5 Å². The van der Waals surface area contributed by atoms with Gasteiger partial charge in [-0.05, 0) is 37.6 Å². The molecule has 0 bridgehead atoms. The lowest BCUT2D eigenvalue weighted by Gasteiger charge is -2.10. The molecule has 140 valence electrons. The van der Waals surface area contributed by atoms with Crippen LogP contribution in [0, 0.1) is 13.8 Å². The second kappa shape index (κ2) is 10.9. The van der Waals surface area contributed by atoms with Gasteiger partial charge in [0.2, 0.25) is 0 Å². The fourth-order valence-corrected chi connectivity index (χ4v) is 2.53. The van der Waals surface area contributed by atoms with Gasteiger partial charge in [0.15, 0.2) is 11.8 Å². The predicted octanol–water partition coefficient (Wildman–Crippen LogP) is 1.65. The van der Waals surface area contributed by atoms with Crippen molar-refractivity contribution in [3.8, 4) is 0 Å². The lowest BCUT2D eigenvalue weighted by molar-refractivity contribution is -0.148. The van der Waals surface area contributed by atoms with Crippen molar-refractivity contribution in [2.75, 3.05) is 26.9 Å². The maximum absolute atomic E-state index is 12.4. The number of aryl methyl sites for hydroxylation is 2. The lowest BCUT2D eigenvalue weighted by Crippen LogP contribution is -2.31. The number of hydrogen-bond donors (Lipinski definition) is 1. The minimum Gasteiger partial charge on any atom is -0.456 e. The van der Waals surface area contributed by atoms with E-state index in [1.165, 1.54) is 7.11 Å². The molecule has 1 rings (SSSR count). The summed E-state index contributed by atoms with van der Waals surface area (Å²) >= 11 is 0.279. The number of halogens is 2. The van der Waals surface area contributed by atoms with E-state index in [9.17, 15) is 18.4 Å². The smallest absolute Gasteiger partial charge is 0.306 e. The fourth-order valence-electron chi connectivity index (χ4n) is 1.99. The Bertz CT molecular complexity index is 579. The second-order valence-corrected chi connectivity index (χ2v) is 5.99. The van der Waals surface area contributed by atoms with Crippen LogP contribution in [0.25, 0.3) is 0 Å². The number of alkyl halides is 2.